The van der Waals surface area contributed by atoms with E-state index in [-0.39, 0.29) is 11.9 Å². The van der Waals surface area contributed by atoms with Crippen molar-refractivity contribution in [1.82, 2.24) is 5.32 Å². The van der Waals surface area contributed by atoms with E-state index in [1.165, 1.54) is 0 Å². The van der Waals surface area contributed by atoms with Crippen LogP contribution in [0.4, 0.5) is 5.69 Å². The van der Waals surface area contributed by atoms with Crippen molar-refractivity contribution in [3.8, 4) is 5.75 Å². The minimum Gasteiger partial charge on any atom is -0.479 e. The number of hydrogen-bond acceptors (Lipinski definition) is 4. The Balaban J connectivity index is 1.94. The first-order chi connectivity index (χ1) is 9.06. The number of carbonyl (C=O) groups is 1. The Morgan fingerprint density at radius 2 is 2.32 bits per heavy atom. The van der Waals surface area contributed by atoms with Gasteiger partial charge in [0.05, 0.1) is 5.69 Å². The van der Waals surface area contributed by atoms with E-state index < -0.39 is 6.10 Å². The minimum absolute atomic E-state index is 0.102. The average Bonchev–Trinajstić information content (AvgIpc) is 2.36. The summed E-state index contributed by atoms with van der Waals surface area (Å²) < 4.78 is 5.51. The third-order valence-corrected chi connectivity index (χ3v) is 3.08. The van der Waals surface area contributed by atoms with E-state index in [1.807, 2.05) is 25.1 Å². The number of nitrogens with two attached hydrogens (primary N) is 1. The van der Waals surface area contributed by atoms with Crippen LogP contribution in [0.25, 0.3) is 0 Å². The van der Waals surface area contributed by atoms with Crippen LogP contribution < -0.4 is 21.1 Å². The molecular formula is C14H21N3O2. The molecule has 4 N–H and O–H groups in total. The molecule has 1 aromatic carbocycles. The molecule has 0 fully saturated rings. The van der Waals surface area contributed by atoms with E-state index in [4.69, 9.17) is 10.5 Å². The molecule has 2 atom stereocenters. The van der Waals surface area contributed by atoms with Gasteiger partial charge < -0.3 is 21.1 Å². The Morgan fingerprint density at radius 3 is 3.05 bits per heavy atom. The highest BCUT2D eigenvalue weighted by molar-refractivity contribution is 5.97. The Kier molecular flexibility index (Phi) is 4.39. The van der Waals surface area contributed by atoms with E-state index in [0.717, 1.165) is 36.5 Å². The predicted molar refractivity (Wildman–Crippen MR) is 75.1 cm³/mol. The molecule has 0 radical (unpaired) electrons. The highest BCUT2D eigenvalue weighted by Crippen LogP contribution is 2.30. The molecular weight excluding hydrogens is 242 g/mol. The smallest absolute Gasteiger partial charge is 0.265 e. The SMILES string of the molecule is CC(N)CCNCc1ccc2c(c1)NC(=O)C(C)O2. The summed E-state index contributed by atoms with van der Waals surface area (Å²) in [7, 11) is 0. The quantitative estimate of drug-likeness (QED) is 0.698. The molecule has 0 bridgehead atoms. The number of hydrogen-bond donors (Lipinski definition) is 3. The lowest BCUT2D eigenvalue weighted by molar-refractivity contribution is -0.122. The Bertz CT molecular complexity index is 460. The van der Waals surface area contributed by atoms with Gasteiger partial charge in [-0.05, 0) is 44.5 Å². The first-order valence-corrected chi connectivity index (χ1v) is 6.63. The molecule has 2 rings (SSSR count). The van der Waals surface area contributed by atoms with E-state index >= 15 is 0 Å². The summed E-state index contributed by atoms with van der Waals surface area (Å²) in [5, 5.41) is 6.17. The van der Waals surface area contributed by atoms with Crippen LogP contribution in [-0.2, 0) is 11.3 Å². The van der Waals surface area contributed by atoms with Gasteiger partial charge in [0.2, 0.25) is 0 Å². The highest BCUT2D eigenvalue weighted by Gasteiger charge is 2.23. The minimum atomic E-state index is -0.428. The first-order valence-electron chi connectivity index (χ1n) is 6.63. The van der Waals surface area contributed by atoms with Gasteiger partial charge in [-0.25, -0.2) is 0 Å². The monoisotopic (exact) mass is 263 g/mol. The topological polar surface area (TPSA) is 76.4 Å². The van der Waals surface area contributed by atoms with Crippen LogP contribution in [0.2, 0.25) is 0 Å². The molecule has 1 heterocycles. The van der Waals surface area contributed by atoms with Gasteiger partial charge in [-0.2, -0.15) is 0 Å². The molecule has 5 heteroatoms. The average molecular weight is 263 g/mol. The fourth-order valence-corrected chi connectivity index (χ4v) is 1.93. The number of benzene rings is 1. The van der Waals surface area contributed by atoms with Gasteiger partial charge in [-0.15, -0.1) is 0 Å². The molecule has 5 nitrogen and oxygen atoms in total. The fraction of sp³-hybridized carbons (Fsp3) is 0.500. The summed E-state index contributed by atoms with van der Waals surface area (Å²) >= 11 is 0. The number of nitrogens with one attached hydrogen (secondary N) is 2. The molecule has 19 heavy (non-hydrogen) atoms. The summed E-state index contributed by atoms with van der Waals surface area (Å²) in [5.41, 5.74) is 7.55. The number of amides is 1. The van der Waals surface area contributed by atoms with Crippen molar-refractivity contribution in [3.05, 3.63) is 23.8 Å². The first kappa shape index (κ1) is 13.8. The molecule has 1 aliphatic heterocycles. The zero-order valence-corrected chi connectivity index (χ0v) is 11.4. The standard InChI is InChI=1S/C14H21N3O2/c1-9(15)5-6-16-8-11-3-4-13-12(7-11)17-14(18)10(2)19-13/h3-4,7,9-10,16H,5-6,8,15H2,1-2H3,(H,17,18). The molecule has 0 spiro atoms. The lowest BCUT2D eigenvalue weighted by atomic mass is 10.1. The Labute approximate surface area is 113 Å². The number of carbonyl (C=O) groups excluding carboxylic acids is 1. The third kappa shape index (κ3) is 3.68. The third-order valence-electron chi connectivity index (χ3n) is 3.08. The molecule has 2 unspecified atom stereocenters. The normalized spacial score (nSPS) is 19.3. The number of fused-ring (bicyclic) bond motifs is 1. The summed E-state index contributed by atoms with van der Waals surface area (Å²) in [6.45, 7) is 5.37. The molecule has 0 aliphatic carbocycles. The fourth-order valence-electron chi connectivity index (χ4n) is 1.93. The zero-order chi connectivity index (χ0) is 13.8. The van der Waals surface area contributed by atoms with Crippen LogP contribution in [-0.4, -0.2) is 24.6 Å². The van der Waals surface area contributed by atoms with Crippen LogP contribution in [0, 0.1) is 0 Å². The van der Waals surface area contributed by atoms with Crippen molar-refractivity contribution in [3.63, 3.8) is 0 Å². The van der Waals surface area contributed by atoms with Crippen molar-refractivity contribution >= 4 is 11.6 Å². The molecule has 1 aromatic rings. The lowest BCUT2D eigenvalue weighted by Crippen LogP contribution is -2.34. The number of rotatable bonds is 5. The summed E-state index contributed by atoms with van der Waals surface area (Å²) in [4.78, 5) is 11.5. The van der Waals surface area contributed by atoms with Gasteiger partial charge in [-0.1, -0.05) is 6.07 Å². The van der Waals surface area contributed by atoms with Gasteiger partial charge in [0.15, 0.2) is 6.10 Å². The van der Waals surface area contributed by atoms with Crippen LogP contribution in [0.15, 0.2) is 18.2 Å². The molecule has 0 saturated heterocycles. The largest absolute Gasteiger partial charge is 0.479 e. The molecule has 1 aliphatic rings. The summed E-state index contributed by atoms with van der Waals surface area (Å²) in [6, 6.07) is 6.05. The van der Waals surface area contributed by atoms with Crippen LogP contribution >= 0.6 is 0 Å². The molecule has 0 saturated carbocycles. The van der Waals surface area contributed by atoms with E-state index in [1.54, 1.807) is 6.92 Å². The summed E-state index contributed by atoms with van der Waals surface area (Å²) in [5.74, 6) is 0.626. The van der Waals surface area contributed by atoms with Crippen molar-refractivity contribution < 1.29 is 9.53 Å². The van der Waals surface area contributed by atoms with Gasteiger partial charge in [0.25, 0.3) is 5.91 Å². The Hall–Kier alpha value is -1.59. The Morgan fingerprint density at radius 1 is 1.53 bits per heavy atom. The maximum Gasteiger partial charge on any atom is 0.265 e. The number of anilines is 1. The molecule has 1 amide bonds. The van der Waals surface area contributed by atoms with Gasteiger partial charge in [0.1, 0.15) is 5.75 Å². The van der Waals surface area contributed by atoms with Gasteiger partial charge in [0, 0.05) is 12.6 Å². The predicted octanol–water partition coefficient (Wildman–Crippen LogP) is 1.23. The maximum atomic E-state index is 11.5. The molecule has 0 aromatic heterocycles. The van der Waals surface area contributed by atoms with Crippen molar-refractivity contribution in [2.24, 2.45) is 5.73 Å². The van der Waals surface area contributed by atoms with Crippen molar-refractivity contribution in [1.29, 1.82) is 0 Å². The van der Waals surface area contributed by atoms with Gasteiger partial charge in [-0.3, -0.25) is 4.79 Å². The number of ether oxygens (including phenoxy) is 1. The second kappa shape index (κ2) is 6.04. The van der Waals surface area contributed by atoms with Crippen molar-refractivity contribution in [2.75, 3.05) is 11.9 Å². The molecule has 104 valence electrons. The summed E-state index contributed by atoms with van der Waals surface area (Å²) in [6.07, 6.45) is 0.519. The van der Waals surface area contributed by atoms with Crippen LogP contribution in [0.3, 0.4) is 0 Å². The van der Waals surface area contributed by atoms with Crippen LogP contribution in [0.1, 0.15) is 25.8 Å². The second-order valence-electron chi connectivity index (χ2n) is 5.02. The maximum absolute atomic E-state index is 11.5. The van der Waals surface area contributed by atoms with E-state index in [2.05, 4.69) is 10.6 Å². The van der Waals surface area contributed by atoms with Crippen LogP contribution in [0.5, 0.6) is 5.75 Å². The highest BCUT2D eigenvalue weighted by atomic mass is 16.5. The lowest BCUT2D eigenvalue weighted by Gasteiger charge is -2.23. The van der Waals surface area contributed by atoms with Crippen molar-refractivity contribution in [2.45, 2.75) is 39.0 Å². The van der Waals surface area contributed by atoms with E-state index in [9.17, 15) is 4.79 Å². The second-order valence-corrected chi connectivity index (χ2v) is 5.02. The zero-order valence-electron chi connectivity index (χ0n) is 11.4. The van der Waals surface area contributed by atoms with E-state index in [0.29, 0.717) is 0 Å². The van der Waals surface area contributed by atoms with Gasteiger partial charge >= 0.3 is 0 Å².